The molecule has 0 amide bonds. The molecule has 0 aliphatic heterocycles. The highest BCUT2D eigenvalue weighted by atomic mass is 32.1. The van der Waals surface area contributed by atoms with Crippen molar-refractivity contribution in [3.8, 4) is 11.5 Å². The van der Waals surface area contributed by atoms with Crippen LogP contribution in [0.3, 0.4) is 0 Å². The minimum absolute atomic E-state index is 0.763. The Morgan fingerprint density at radius 2 is 2.00 bits per heavy atom. The number of imidazole rings is 1. The second-order valence-corrected chi connectivity index (χ2v) is 4.64. The number of aromatic nitrogens is 2. The molecule has 19 heavy (non-hydrogen) atoms. The Bertz CT molecular complexity index is 589. The molecule has 1 heterocycles. The third-order valence-electron chi connectivity index (χ3n) is 3.03. The van der Waals surface area contributed by atoms with Gasteiger partial charge >= 0.3 is 0 Å². The minimum atomic E-state index is 0.763. The standard InChI is InChI=1S/C14H18N2O2S/c1-17-12-6-5-11(10-13(12)18-2)4-3-8-16-9-7-15-14(16)19/h5-7,9-10H,3-4,8H2,1-2H3,(H,15,19). The van der Waals surface area contributed by atoms with Gasteiger partial charge in [0.15, 0.2) is 16.3 Å². The van der Waals surface area contributed by atoms with Crippen molar-refractivity contribution < 1.29 is 9.47 Å². The number of H-pyrrole nitrogens is 1. The number of aromatic amines is 1. The van der Waals surface area contributed by atoms with Gasteiger partial charge in [0.25, 0.3) is 0 Å². The average Bonchev–Trinajstić information content (AvgIpc) is 2.84. The molecule has 0 saturated heterocycles. The molecule has 0 aliphatic carbocycles. The zero-order chi connectivity index (χ0) is 13.7. The molecule has 0 unspecified atom stereocenters. The topological polar surface area (TPSA) is 39.2 Å². The van der Waals surface area contributed by atoms with Crippen molar-refractivity contribution in [2.45, 2.75) is 19.4 Å². The molecule has 1 aromatic carbocycles. The van der Waals surface area contributed by atoms with E-state index in [-0.39, 0.29) is 0 Å². The second-order valence-electron chi connectivity index (χ2n) is 4.25. The van der Waals surface area contributed by atoms with E-state index in [2.05, 4.69) is 11.1 Å². The largest absolute Gasteiger partial charge is 0.493 e. The summed E-state index contributed by atoms with van der Waals surface area (Å²) >= 11 is 5.16. The number of nitrogens with zero attached hydrogens (tertiary/aromatic N) is 1. The van der Waals surface area contributed by atoms with Gasteiger partial charge in [-0.3, -0.25) is 0 Å². The Morgan fingerprint density at radius 3 is 2.63 bits per heavy atom. The summed E-state index contributed by atoms with van der Waals surface area (Å²) in [5.41, 5.74) is 1.24. The first-order valence-electron chi connectivity index (χ1n) is 6.19. The first-order chi connectivity index (χ1) is 9.24. The molecular weight excluding hydrogens is 260 g/mol. The summed E-state index contributed by atoms with van der Waals surface area (Å²) in [6, 6.07) is 6.03. The van der Waals surface area contributed by atoms with Gasteiger partial charge in [0.2, 0.25) is 0 Å². The first-order valence-corrected chi connectivity index (χ1v) is 6.60. The molecule has 1 aromatic heterocycles. The van der Waals surface area contributed by atoms with Crippen LogP contribution in [0.15, 0.2) is 30.6 Å². The fourth-order valence-corrected chi connectivity index (χ4v) is 2.24. The van der Waals surface area contributed by atoms with E-state index >= 15 is 0 Å². The lowest BCUT2D eigenvalue weighted by molar-refractivity contribution is 0.354. The van der Waals surface area contributed by atoms with Crippen LogP contribution < -0.4 is 9.47 Å². The molecule has 0 saturated carbocycles. The first kappa shape index (κ1) is 13.7. The highest BCUT2D eigenvalue weighted by Gasteiger charge is 2.04. The van der Waals surface area contributed by atoms with Crippen molar-refractivity contribution in [3.63, 3.8) is 0 Å². The predicted molar refractivity (Wildman–Crippen MR) is 77.5 cm³/mol. The number of ether oxygens (including phenoxy) is 2. The molecule has 0 atom stereocenters. The smallest absolute Gasteiger partial charge is 0.177 e. The lowest BCUT2D eigenvalue weighted by Crippen LogP contribution is -1.99. The van der Waals surface area contributed by atoms with E-state index in [1.807, 2.05) is 29.1 Å². The lowest BCUT2D eigenvalue weighted by Gasteiger charge is -2.09. The third kappa shape index (κ3) is 3.38. The van der Waals surface area contributed by atoms with Crippen LogP contribution in [0.25, 0.3) is 0 Å². The molecule has 0 radical (unpaired) electrons. The number of nitrogens with one attached hydrogen (secondary N) is 1. The summed E-state index contributed by atoms with van der Waals surface area (Å²) in [4.78, 5) is 2.99. The molecule has 0 bridgehead atoms. The normalized spacial score (nSPS) is 10.4. The highest BCUT2D eigenvalue weighted by Crippen LogP contribution is 2.27. The fraction of sp³-hybridized carbons (Fsp3) is 0.357. The van der Waals surface area contributed by atoms with Crippen LogP contribution in [-0.2, 0) is 13.0 Å². The summed E-state index contributed by atoms with van der Waals surface area (Å²) in [7, 11) is 3.30. The van der Waals surface area contributed by atoms with Gasteiger partial charge in [-0.1, -0.05) is 6.07 Å². The molecule has 0 spiro atoms. The van der Waals surface area contributed by atoms with Gasteiger partial charge in [0.05, 0.1) is 14.2 Å². The summed E-state index contributed by atoms with van der Waals surface area (Å²) in [6.45, 7) is 0.913. The van der Waals surface area contributed by atoms with Crippen LogP contribution in [0.1, 0.15) is 12.0 Å². The maximum Gasteiger partial charge on any atom is 0.177 e. The molecule has 2 rings (SSSR count). The van der Waals surface area contributed by atoms with E-state index < -0.39 is 0 Å². The van der Waals surface area contributed by atoms with Crippen molar-refractivity contribution in [2.24, 2.45) is 0 Å². The van der Waals surface area contributed by atoms with E-state index in [0.29, 0.717) is 0 Å². The number of benzene rings is 1. The van der Waals surface area contributed by atoms with Crippen molar-refractivity contribution >= 4 is 12.2 Å². The van der Waals surface area contributed by atoms with Crippen LogP contribution in [0, 0.1) is 4.77 Å². The number of aryl methyl sites for hydroxylation is 2. The monoisotopic (exact) mass is 278 g/mol. The lowest BCUT2D eigenvalue weighted by atomic mass is 10.1. The van der Waals surface area contributed by atoms with Gasteiger partial charge in [-0.15, -0.1) is 0 Å². The molecule has 0 aliphatic rings. The second kappa shape index (κ2) is 6.43. The van der Waals surface area contributed by atoms with Crippen molar-refractivity contribution in [3.05, 3.63) is 40.9 Å². The Labute approximate surface area is 118 Å². The fourth-order valence-electron chi connectivity index (χ4n) is 2.01. The van der Waals surface area contributed by atoms with E-state index in [1.165, 1.54) is 5.56 Å². The average molecular weight is 278 g/mol. The minimum Gasteiger partial charge on any atom is -0.493 e. The van der Waals surface area contributed by atoms with E-state index in [1.54, 1.807) is 14.2 Å². The number of methoxy groups -OCH3 is 2. The number of hydrogen-bond donors (Lipinski definition) is 1. The molecule has 4 nitrogen and oxygen atoms in total. The third-order valence-corrected chi connectivity index (χ3v) is 3.39. The van der Waals surface area contributed by atoms with Gasteiger partial charge in [-0.2, -0.15) is 0 Å². The van der Waals surface area contributed by atoms with Crippen molar-refractivity contribution in [1.82, 2.24) is 9.55 Å². The molecule has 0 fully saturated rings. The maximum absolute atomic E-state index is 5.30. The quantitative estimate of drug-likeness (QED) is 0.825. The molecular formula is C14H18N2O2S. The van der Waals surface area contributed by atoms with E-state index in [0.717, 1.165) is 35.7 Å². The SMILES string of the molecule is COc1ccc(CCCn2cc[nH]c2=S)cc1OC. The predicted octanol–water partition coefficient (Wildman–Crippen LogP) is 3.20. The van der Waals surface area contributed by atoms with Crippen LogP contribution in [0.2, 0.25) is 0 Å². The van der Waals surface area contributed by atoms with Crippen LogP contribution >= 0.6 is 12.2 Å². The van der Waals surface area contributed by atoms with Gasteiger partial charge in [0.1, 0.15) is 0 Å². The van der Waals surface area contributed by atoms with Crippen LogP contribution in [0.4, 0.5) is 0 Å². The molecule has 2 aromatic rings. The molecule has 1 N–H and O–H groups in total. The van der Waals surface area contributed by atoms with Crippen molar-refractivity contribution in [1.29, 1.82) is 0 Å². The highest BCUT2D eigenvalue weighted by molar-refractivity contribution is 7.71. The summed E-state index contributed by atoms with van der Waals surface area (Å²) in [6.07, 6.45) is 5.84. The van der Waals surface area contributed by atoms with Crippen LogP contribution in [-0.4, -0.2) is 23.8 Å². The number of hydrogen-bond acceptors (Lipinski definition) is 3. The van der Waals surface area contributed by atoms with Gasteiger partial charge in [-0.25, -0.2) is 0 Å². The number of rotatable bonds is 6. The van der Waals surface area contributed by atoms with E-state index in [9.17, 15) is 0 Å². The van der Waals surface area contributed by atoms with E-state index in [4.69, 9.17) is 21.7 Å². The zero-order valence-corrected chi connectivity index (χ0v) is 12.0. The zero-order valence-electron chi connectivity index (χ0n) is 11.2. The maximum atomic E-state index is 5.30. The Balaban J connectivity index is 1.96. The Hall–Kier alpha value is -1.75. The molecule has 102 valence electrons. The van der Waals surface area contributed by atoms with Gasteiger partial charge in [-0.05, 0) is 42.8 Å². The van der Waals surface area contributed by atoms with Gasteiger partial charge < -0.3 is 19.0 Å². The van der Waals surface area contributed by atoms with Crippen molar-refractivity contribution in [2.75, 3.05) is 14.2 Å². The van der Waals surface area contributed by atoms with Crippen LogP contribution in [0.5, 0.6) is 11.5 Å². The molecule has 5 heteroatoms. The Morgan fingerprint density at radius 1 is 1.21 bits per heavy atom. The van der Waals surface area contributed by atoms with Gasteiger partial charge in [0, 0.05) is 18.9 Å². The summed E-state index contributed by atoms with van der Waals surface area (Å²) in [5, 5.41) is 0. The summed E-state index contributed by atoms with van der Waals surface area (Å²) in [5.74, 6) is 1.54. The summed E-state index contributed by atoms with van der Waals surface area (Å²) < 4.78 is 13.3. The Kier molecular flexibility index (Phi) is 4.63.